The molecule has 2 aromatic carbocycles. The van der Waals surface area contributed by atoms with Crippen molar-refractivity contribution in [2.75, 3.05) is 13.7 Å². The molecule has 1 atom stereocenters. The van der Waals surface area contributed by atoms with Crippen LogP contribution in [0.2, 0.25) is 0 Å². The quantitative estimate of drug-likeness (QED) is 0.742. The number of hydrogen-bond donors (Lipinski definition) is 2. The summed E-state index contributed by atoms with van der Waals surface area (Å²) in [6, 6.07) is 15.1. The van der Waals surface area contributed by atoms with Crippen molar-refractivity contribution >= 4 is 12.1 Å². The van der Waals surface area contributed by atoms with Crippen molar-refractivity contribution in [1.29, 1.82) is 0 Å². The molecular formula is C23H25NO5. The molecule has 2 aliphatic rings. The third kappa shape index (κ3) is 3.72. The number of hydrogen-bond acceptors (Lipinski definition) is 4. The summed E-state index contributed by atoms with van der Waals surface area (Å²) in [5, 5.41) is 12.0. The summed E-state index contributed by atoms with van der Waals surface area (Å²) in [5.74, 6) is -1.14. The molecule has 1 unspecified atom stereocenters. The molecule has 0 aliphatic heterocycles. The number of ether oxygens (including phenoxy) is 2. The van der Waals surface area contributed by atoms with Crippen molar-refractivity contribution in [3.8, 4) is 11.1 Å². The van der Waals surface area contributed by atoms with Crippen LogP contribution < -0.4 is 5.32 Å². The van der Waals surface area contributed by atoms with Crippen LogP contribution in [0.4, 0.5) is 4.79 Å². The molecule has 2 aliphatic carbocycles. The van der Waals surface area contributed by atoms with Gasteiger partial charge in [0.25, 0.3) is 0 Å². The predicted molar refractivity (Wildman–Crippen MR) is 108 cm³/mol. The van der Waals surface area contributed by atoms with Gasteiger partial charge in [-0.3, -0.25) is 0 Å². The molecule has 0 saturated heterocycles. The smallest absolute Gasteiger partial charge is 0.407 e. The van der Waals surface area contributed by atoms with E-state index in [0.717, 1.165) is 41.5 Å². The lowest BCUT2D eigenvalue weighted by Crippen LogP contribution is -2.50. The number of carbonyl (C=O) groups is 2. The lowest BCUT2D eigenvalue weighted by molar-refractivity contribution is -0.144. The monoisotopic (exact) mass is 395 g/mol. The number of alkyl carbamates (subject to hydrolysis) is 1. The van der Waals surface area contributed by atoms with Crippen molar-refractivity contribution in [2.45, 2.75) is 43.2 Å². The zero-order chi connectivity index (χ0) is 20.4. The Morgan fingerprint density at radius 3 is 2.17 bits per heavy atom. The van der Waals surface area contributed by atoms with E-state index in [1.54, 1.807) is 7.11 Å². The number of amides is 1. The number of carboxylic acid groups (broad SMARTS) is 1. The Morgan fingerprint density at radius 2 is 1.69 bits per heavy atom. The number of carbonyl (C=O) groups excluding carboxylic acids is 1. The Balaban J connectivity index is 1.42. The lowest BCUT2D eigenvalue weighted by Gasteiger charge is -2.42. The van der Waals surface area contributed by atoms with Crippen molar-refractivity contribution < 1.29 is 24.2 Å². The van der Waals surface area contributed by atoms with Gasteiger partial charge in [0.15, 0.2) is 0 Å². The minimum atomic E-state index is -1.08. The average molecular weight is 395 g/mol. The summed E-state index contributed by atoms with van der Waals surface area (Å²) in [6.45, 7) is 0.154. The summed E-state index contributed by atoms with van der Waals surface area (Å²) in [7, 11) is 1.59. The molecule has 0 heterocycles. The summed E-state index contributed by atoms with van der Waals surface area (Å²) >= 11 is 0. The first-order valence-electron chi connectivity index (χ1n) is 9.92. The second-order valence-electron chi connectivity index (χ2n) is 7.81. The number of fused-ring (bicyclic) bond motifs is 3. The maximum Gasteiger partial charge on any atom is 0.407 e. The van der Waals surface area contributed by atoms with Crippen molar-refractivity contribution in [3.05, 3.63) is 59.7 Å². The molecule has 0 aromatic heterocycles. The highest BCUT2D eigenvalue weighted by Crippen LogP contribution is 2.44. The minimum Gasteiger partial charge on any atom is -0.480 e. The van der Waals surface area contributed by atoms with Gasteiger partial charge >= 0.3 is 12.1 Å². The first-order chi connectivity index (χ1) is 14.0. The molecule has 0 spiro atoms. The maximum atomic E-state index is 12.4. The molecule has 0 radical (unpaired) electrons. The third-order valence-corrected chi connectivity index (χ3v) is 6.21. The van der Waals surface area contributed by atoms with Crippen LogP contribution in [-0.2, 0) is 14.3 Å². The molecule has 1 amide bonds. The van der Waals surface area contributed by atoms with Gasteiger partial charge in [-0.05, 0) is 41.5 Å². The van der Waals surface area contributed by atoms with Crippen molar-refractivity contribution in [3.63, 3.8) is 0 Å². The summed E-state index contributed by atoms with van der Waals surface area (Å²) in [4.78, 5) is 24.0. The van der Waals surface area contributed by atoms with Crippen molar-refractivity contribution in [2.24, 2.45) is 0 Å². The molecule has 152 valence electrons. The molecule has 2 aromatic rings. The molecular weight excluding hydrogens is 370 g/mol. The van der Waals surface area contributed by atoms with Crippen LogP contribution in [0.3, 0.4) is 0 Å². The highest BCUT2D eigenvalue weighted by molar-refractivity contribution is 5.81. The first-order valence-corrected chi connectivity index (χ1v) is 9.92. The summed E-state index contributed by atoms with van der Waals surface area (Å²) in [6.07, 6.45) is 2.14. The Morgan fingerprint density at radius 1 is 1.10 bits per heavy atom. The molecule has 1 saturated carbocycles. The van der Waals surface area contributed by atoms with Crippen LogP contribution in [0.25, 0.3) is 11.1 Å². The van der Waals surface area contributed by atoms with Gasteiger partial charge in [0.2, 0.25) is 0 Å². The van der Waals surface area contributed by atoms with E-state index in [1.807, 2.05) is 36.4 Å². The molecule has 6 heteroatoms. The fourth-order valence-electron chi connectivity index (χ4n) is 4.42. The Kier molecular flexibility index (Phi) is 5.28. The maximum absolute atomic E-state index is 12.4. The molecule has 2 N–H and O–H groups in total. The number of benzene rings is 2. The highest BCUT2D eigenvalue weighted by Gasteiger charge is 2.41. The fourth-order valence-corrected chi connectivity index (χ4v) is 4.42. The zero-order valence-electron chi connectivity index (χ0n) is 16.4. The fraction of sp³-hybridized carbons (Fsp3) is 0.391. The zero-order valence-corrected chi connectivity index (χ0v) is 16.4. The third-order valence-electron chi connectivity index (χ3n) is 6.21. The van der Waals surface area contributed by atoms with Crippen LogP contribution in [0, 0.1) is 0 Å². The van der Waals surface area contributed by atoms with E-state index in [0.29, 0.717) is 0 Å². The largest absolute Gasteiger partial charge is 0.480 e. The SMILES string of the molecule is COC1(CC(NC(=O)OCC2c3ccccc3-c3ccccc32)C(=O)O)CCC1. The van der Waals surface area contributed by atoms with Crippen LogP contribution in [-0.4, -0.2) is 42.5 Å². The van der Waals surface area contributed by atoms with Crippen LogP contribution in [0.1, 0.15) is 42.7 Å². The second kappa shape index (κ2) is 7.87. The van der Waals surface area contributed by atoms with E-state index < -0.39 is 23.7 Å². The molecule has 29 heavy (non-hydrogen) atoms. The van der Waals surface area contributed by atoms with Gasteiger partial charge in [0, 0.05) is 19.4 Å². The van der Waals surface area contributed by atoms with E-state index in [-0.39, 0.29) is 18.9 Å². The van der Waals surface area contributed by atoms with Gasteiger partial charge in [-0.15, -0.1) is 0 Å². The lowest BCUT2D eigenvalue weighted by atomic mass is 9.75. The van der Waals surface area contributed by atoms with Gasteiger partial charge in [-0.2, -0.15) is 0 Å². The molecule has 1 fully saturated rings. The second-order valence-corrected chi connectivity index (χ2v) is 7.81. The Bertz CT molecular complexity index is 870. The predicted octanol–water partition coefficient (Wildman–Crippen LogP) is 3.94. The van der Waals surface area contributed by atoms with Gasteiger partial charge in [-0.25, -0.2) is 9.59 Å². The Labute approximate surface area is 169 Å². The van der Waals surface area contributed by atoms with E-state index in [1.165, 1.54) is 0 Å². The first kappa shape index (κ1) is 19.5. The summed E-state index contributed by atoms with van der Waals surface area (Å²) < 4.78 is 11.0. The van der Waals surface area contributed by atoms with E-state index in [2.05, 4.69) is 17.4 Å². The normalized spacial score (nSPS) is 17.6. The van der Waals surface area contributed by atoms with Crippen molar-refractivity contribution in [1.82, 2.24) is 5.32 Å². The van der Waals surface area contributed by atoms with Gasteiger partial charge in [0.05, 0.1) is 5.60 Å². The number of aliphatic carboxylic acids is 1. The van der Waals surface area contributed by atoms with Gasteiger partial charge in [0.1, 0.15) is 12.6 Å². The molecule has 4 rings (SSSR count). The Hall–Kier alpha value is -2.86. The minimum absolute atomic E-state index is 0.0617. The van der Waals surface area contributed by atoms with E-state index in [4.69, 9.17) is 9.47 Å². The van der Waals surface area contributed by atoms with Crippen LogP contribution in [0.15, 0.2) is 48.5 Å². The van der Waals surface area contributed by atoms with Crippen LogP contribution in [0.5, 0.6) is 0 Å². The molecule has 0 bridgehead atoms. The van der Waals surface area contributed by atoms with Gasteiger partial charge < -0.3 is 19.9 Å². The van der Waals surface area contributed by atoms with Crippen LogP contribution >= 0.6 is 0 Å². The number of methoxy groups -OCH3 is 1. The number of rotatable bonds is 7. The molecule has 6 nitrogen and oxygen atoms in total. The standard InChI is InChI=1S/C23H25NO5/c1-28-23(11-6-12-23)13-20(21(25)26)24-22(27)29-14-19-17-9-4-2-7-15(17)16-8-3-5-10-18(16)19/h2-5,7-10,19-20H,6,11-14H2,1H3,(H,24,27)(H,25,26). The summed E-state index contributed by atoms with van der Waals surface area (Å²) in [5.41, 5.74) is 4.06. The topological polar surface area (TPSA) is 84.9 Å². The van der Waals surface area contributed by atoms with E-state index >= 15 is 0 Å². The highest BCUT2D eigenvalue weighted by atomic mass is 16.5. The number of carboxylic acids is 1. The van der Waals surface area contributed by atoms with Gasteiger partial charge in [-0.1, -0.05) is 48.5 Å². The van der Waals surface area contributed by atoms with E-state index in [9.17, 15) is 14.7 Å². The average Bonchev–Trinajstić information content (AvgIpc) is 3.02. The number of nitrogens with one attached hydrogen (secondary N) is 1.